The van der Waals surface area contributed by atoms with Crippen LogP contribution in [0.1, 0.15) is 19.3 Å². The quantitative estimate of drug-likeness (QED) is 0.226. The van der Waals surface area contributed by atoms with E-state index in [-0.39, 0.29) is 55.6 Å². The highest BCUT2D eigenvalue weighted by Crippen LogP contribution is 2.84. The maximum Gasteiger partial charge on any atom is 0.166 e. The van der Waals surface area contributed by atoms with Gasteiger partial charge in [-0.15, -0.1) is 46.4 Å². The van der Waals surface area contributed by atoms with E-state index in [1.165, 1.54) is 0 Å². The van der Waals surface area contributed by atoms with E-state index < -0.39 is 28.2 Å². The normalized spacial score (nSPS) is 60.0. The molecular formula is C19H12Cl12. The Balaban J connectivity index is 1.47. The van der Waals surface area contributed by atoms with Crippen LogP contribution >= 0.6 is 139 Å². The van der Waals surface area contributed by atoms with Crippen LogP contribution in [0.2, 0.25) is 0 Å². The smallest absolute Gasteiger partial charge is 0.109 e. The van der Waals surface area contributed by atoms with Crippen molar-refractivity contribution in [1.29, 1.82) is 0 Å². The van der Waals surface area contributed by atoms with E-state index in [9.17, 15) is 0 Å². The van der Waals surface area contributed by atoms with Gasteiger partial charge in [-0.1, -0.05) is 92.8 Å². The fourth-order valence-electron chi connectivity index (χ4n) is 7.92. The standard InChI is InChI=1S/C19H12Cl12/c20-10-11(21)15(25)7-3-5-4(1-6(7)14(10,24)18(15,28)29)2-8-9(5)17(27)13(23)12(22)16(8,26)19(17,30)31/h4-9H,1-3H2/t4-,5-,6-,7-,8-,9+,14+,15-,16+,17+/m1/s1. The van der Waals surface area contributed by atoms with E-state index in [0.717, 1.165) is 0 Å². The van der Waals surface area contributed by atoms with Crippen LogP contribution in [-0.2, 0) is 0 Å². The van der Waals surface area contributed by atoms with E-state index >= 15 is 0 Å². The zero-order chi connectivity index (χ0) is 22.9. The summed E-state index contributed by atoms with van der Waals surface area (Å²) in [6.07, 6.45) is 2.02. The molecule has 0 saturated heterocycles. The summed E-state index contributed by atoms with van der Waals surface area (Å²) < 4.78 is -3.12. The maximum atomic E-state index is 7.15. The Morgan fingerprint density at radius 2 is 0.839 bits per heavy atom. The fraction of sp³-hybridized carbons (Fsp3) is 0.789. The highest BCUT2D eigenvalue weighted by molar-refractivity contribution is 6.67. The lowest BCUT2D eigenvalue weighted by Gasteiger charge is -2.47. The van der Waals surface area contributed by atoms with Gasteiger partial charge in [0.05, 0.1) is 20.1 Å². The van der Waals surface area contributed by atoms with Crippen molar-refractivity contribution >= 4 is 139 Å². The van der Waals surface area contributed by atoms with Crippen molar-refractivity contribution in [3.05, 3.63) is 20.1 Å². The van der Waals surface area contributed by atoms with Crippen LogP contribution in [0.15, 0.2) is 20.1 Å². The first kappa shape index (κ1) is 24.3. The lowest BCUT2D eigenvalue weighted by molar-refractivity contribution is 0.102. The summed E-state index contributed by atoms with van der Waals surface area (Å²) in [7, 11) is 0. The Morgan fingerprint density at radius 1 is 0.484 bits per heavy atom. The molecule has 6 aliphatic rings. The lowest BCUT2D eigenvalue weighted by Crippen LogP contribution is -2.49. The van der Waals surface area contributed by atoms with Crippen molar-refractivity contribution in [3.8, 4) is 0 Å². The molecule has 12 heteroatoms. The summed E-state index contributed by atoms with van der Waals surface area (Å²) in [6, 6.07) is 0. The molecular weight excluding hydrogens is 654 g/mol. The van der Waals surface area contributed by atoms with Crippen molar-refractivity contribution in [2.24, 2.45) is 35.5 Å². The number of halogens is 12. The molecule has 4 fully saturated rings. The second-order valence-electron chi connectivity index (χ2n) is 9.73. The third-order valence-corrected chi connectivity index (χ3v) is 17.8. The van der Waals surface area contributed by atoms with Crippen LogP contribution in [0.5, 0.6) is 0 Å². The monoisotopic (exact) mass is 660 g/mol. The molecule has 0 aromatic rings. The number of rotatable bonds is 0. The largest absolute Gasteiger partial charge is 0.166 e. The molecule has 0 unspecified atom stereocenters. The average molecular weight is 666 g/mol. The molecule has 4 saturated carbocycles. The van der Waals surface area contributed by atoms with Crippen molar-refractivity contribution < 1.29 is 0 Å². The number of alkyl halides is 8. The van der Waals surface area contributed by atoms with Crippen LogP contribution in [0.3, 0.4) is 0 Å². The summed E-state index contributed by atoms with van der Waals surface area (Å²) >= 11 is 81.9. The Hall–Kier alpha value is 2.96. The molecule has 10 atom stereocenters. The molecule has 0 spiro atoms. The minimum atomic E-state index is -1.56. The van der Waals surface area contributed by atoms with Gasteiger partial charge < -0.3 is 0 Å². The second-order valence-corrected chi connectivity index (χ2v) is 16.3. The molecule has 0 nitrogen and oxygen atoms in total. The molecule has 6 rings (SSSR count). The van der Waals surface area contributed by atoms with Crippen LogP contribution in [0, 0.1) is 35.5 Å². The minimum absolute atomic E-state index is 0.0578. The van der Waals surface area contributed by atoms with E-state index in [0.29, 0.717) is 19.3 Å². The molecule has 0 radical (unpaired) electrons. The predicted molar refractivity (Wildman–Crippen MR) is 135 cm³/mol. The highest BCUT2D eigenvalue weighted by Gasteiger charge is 2.87. The Bertz CT molecular complexity index is 982. The molecule has 172 valence electrons. The molecule has 31 heavy (non-hydrogen) atoms. The van der Waals surface area contributed by atoms with Gasteiger partial charge in [-0.05, 0) is 54.8 Å². The van der Waals surface area contributed by atoms with Crippen molar-refractivity contribution in [1.82, 2.24) is 0 Å². The summed E-state index contributed by atoms with van der Waals surface area (Å²) in [5, 5.41) is 0.876. The van der Waals surface area contributed by atoms with Gasteiger partial charge >= 0.3 is 0 Å². The first-order chi connectivity index (χ1) is 14.1. The van der Waals surface area contributed by atoms with Crippen LogP contribution < -0.4 is 0 Å². The summed E-state index contributed by atoms with van der Waals surface area (Å²) in [4.78, 5) is -5.15. The van der Waals surface area contributed by atoms with Gasteiger partial charge in [0.2, 0.25) is 0 Å². The molecule has 0 aromatic heterocycles. The number of hydrogen-bond acceptors (Lipinski definition) is 0. The first-order valence-electron chi connectivity index (χ1n) is 9.71. The first-order valence-corrected chi connectivity index (χ1v) is 14.2. The number of hydrogen-bond donors (Lipinski definition) is 0. The van der Waals surface area contributed by atoms with Gasteiger partial charge in [0.15, 0.2) is 8.67 Å². The van der Waals surface area contributed by atoms with E-state index in [1.54, 1.807) is 0 Å². The number of fused-ring (bicyclic) bond motifs is 12. The third-order valence-electron chi connectivity index (χ3n) is 9.11. The van der Waals surface area contributed by atoms with Crippen molar-refractivity contribution in [2.75, 3.05) is 0 Å². The lowest BCUT2D eigenvalue weighted by atomic mass is 9.62. The summed E-state index contributed by atoms with van der Waals surface area (Å²) in [5.74, 6) is -0.486. The number of allylic oxidation sites excluding steroid dienone is 4. The van der Waals surface area contributed by atoms with Crippen LogP contribution in [0.25, 0.3) is 0 Å². The molecule has 0 aromatic carbocycles. The summed E-state index contributed by atoms with van der Waals surface area (Å²) in [5.41, 5.74) is 0. The summed E-state index contributed by atoms with van der Waals surface area (Å²) in [6.45, 7) is 0. The molecule has 0 aliphatic heterocycles. The van der Waals surface area contributed by atoms with Gasteiger partial charge in [-0.2, -0.15) is 0 Å². The van der Waals surface area contributed by atoms with Gasteiger partial charge in [0.1, 0.15) is 19.5 Å². The van der Waals surface area contributed by atoms with Gasteiger partial charge in [-0.25, -0.2) is 0 Å². The van der Waals surface area contributed by atoms with Gasteiger partial charge in [-0.3, -0.25) is 0 Å². The van der Waals surface area contributed by atoms with Gasteiger partial charge in [0.25, 0.3) is 0 Å². The minimum Gasteiger partial charge on any atom is -0.109 e. The van der Waals surface area contributed by atoms with E-state index in [2.05, 4.69) is 0 Å². The van der Waals surface area contributed by atoms with Crippen LogP contribution in [-0.4, -0.2) is 28.2 Å². The fourth-order valence-corrected chi connectivity index (χ4v) is 14.2. The molecule has 4 bridgehead atoms. The maximum absolute atomic E-state index is 7.15. The third kappa shape index (κ3) is 2.09. The highest BCUT2D eigenvalue weighted by atomic mass is 35.5. The van der Waals surface area contributed by atoms with E-state index in [4.69, 9.17) is 139 Å². The van der Waals surface area contributed by atoms with Crippen molar-refractivity contribution in [2.45, 2.75) is 47.4 Å². The molecule has 0 heterocycles. The van der Waals surface area contributed by atoms with Crippen molar-refractivity contribution in [3.63, 3.8) is 0 Å². The zero-order valence-corrected chi connectivity index (χ0v) is 24.2. The predicted octanol–water partition coefficient (Wildman–Crippen LogP) is 9.57. The van der Waals surface area contributed by atoms with Gasteiger partial charge in [0, 0.05) is 0 Å². The topological polar surface area (TPSA) is 0 Å². The Kier molecular flexibility index (Phi) is 5.10. The Morgan fingerprint density at radius 3 is 1.35 bits per heavy atom. The second kappa shape index (κ2) is 6.50. The van der Waals surface area contributed by atoms with E-state index in [1.807, 2.05) is 0 Å². The van der Waals surface area contributed by atoms with Crippen LogP contribution in [0.4, 0.5) is 0 Å². The average Bonchev–Trinajstić information content (AvgIpc) is 3.25. The molecule has 0 amide bonds. The molecule has 0 N–H and O–H groups in total. The SMILES string of the molecule is ClC1=C(Cl)[C@@]2(Cl)[C@@H]3C[C@H]4C[C@@H]5[C@@H](C[C@H]4[C@@H]3[C@@]1(Cl)C2(Cl)Cl)[C@@]1(Cl)C(Cl)=C(Cl)[C@]5(Cl)C1(Cl)Cl. The zero-order valence-electron chi connectivity index (χ0n) is 15.1. The molecule has 6 aliphatic carbocycles. The Labute approximate surface area is 240 Å².